The molecule has 1 aliphatic rings. The van der Waals surface area contributed by atoms with Gasteiger partial charge < -0.3 is 18.9 Å². The van der Waals surface area contributed by atoms with Crippen LogP contribution in [0.4, 0.5) is 0 Å². The third-order valence-electron chi connectivity index (χ3n) is 4.78. The van der Waals surface area contributed by atoms with Gasteiger partial charge in [0.1, 0.15) is 6.23 Å². The summed E-state index contributed by atoms with van der Waals surface area (Å²) in [5.41, 5.74) is 1.21. The maximum Gasteiger partial charge on any atom is 0.312 e. The van der Waals surface area contributed by atoms with Crippen molar-refractivity contribution < 1.29 is 18.9 Å². The van der Waals surface area contributed by atoms with Crippen LogP contribution in [-0.2, 0) is 23.0 Å². The van der Waals surface area contributed by atoms with Crippen LogP contribution in [0.15, 0.2) is 18.2 Å². The summed E-state index contributed by atoms with van der Waals surface area (Å²) in [5, 5.41) is 3.05. The molecule has 3 atom stereocenters. The molecule has 28 heavy (non-hydrogen) atoms. The van der Waals surface area contributed by atoms with Gasteiger partial charge in [0.25, 0.3) is 0 Å². The first-order chi connectivity index (χ1) is 13.5. The topological polar surface area (TPSA) is 60.0 Å². The summed E-state index contributed by atoms with van der Waals surface area (Å²) in [7, 11) is 0. The summed E-state index contributed by atoms with van der Waals surface area (Å²) < 4.78 is 17.8. The van der Waals surface area contributed by atoms with Gasteiger partial charge in [-0.05, 0) is 74.4 Å². The summed E-state index contributed by atoms with van der Waals surface area (Å²) >= 11 is 5.38. The summed E-state index contributed by atoms with van der Waals surface area (Å²) in [5.74, 6) is 1.14. The molecule has 7 heteroatoms. The highest BCUT2D eigenvalue weighted by Crippen LogP contribution is 2.44. The Morgan fingerprint density at radius 1 is 1.18 bits per heavy atom. The van der Waals surface area contributed by atoms with E-state index >= 15 is 0 Å². The summed E-state index contributed by atoms with van der Waals surface area (Å²) in [6.07, 6.45) is 9.22. The predicted molar refractivity (Wildman–Crippen MR) is 119 cm³/mol. The summed E-state index contributed by atoms with van der Waals surface area (Å²) in [6.45, 7) is 3.75. The molecule has 0 amide bonds. The van der Waals surface area contributed by atoms with E-state index < -0.39 is 6.64 Å². The molecule has 0 aromatic heterocycles. The number of unbranched alkanes of at least 4 members (excludes halogenated alkanes) is 1. The molecule has 0 spiro atoms. The lowest BCUT2D eigenvalue weighted by Gasteiger charge is -2.32. The van der Waals surface area contributed by atoms with Crippen LogP contribution in [0, 0.1) is 0 Å². The van der Waals surface area contributed by atoms with Crippen LogP contribution in [-0.4, -0.2) is 23.8 Å². The highest BCUT2D eigenvalue weighted by Gasteiger charge is 2.28. The third kappa shape index (κ3) is 8.00. The fourth-order valence-corrected chi connectivity index (χ4v) is 4.98. The van der Waals surface area contributed by atoms with Gasteiger partial charge in [-0.3, -0.25) is 0 Å². The van der Waals surface area contributed by atoms with E-state index in [0.717, 1.165) is 57.8 Å². The summed E-state index contributed by atoms with van der Waals surface area (Å²) in [4.78, 5) is 10.8. The Balaban J connectivity index is 2.05. The minimum atomic E-state index is -3.25. The standard InChI is InChI=1S/C21H36NO4PS/c1-4-7-10-17-13-14-19(20(16-17)24-15-6-3)26-27(23,28)22-21-12-8-11-18(25-21)9-5-2/h13-14,16,18,21H,4-12,15H2,1-3H3,(H2,22,23,28). The lowest BCUT2D eigenvalue weighted by molar-refractivity contribution is -0.0593. The molecular weight excluding hydrogens is 393 g/mol. The van der Waals surface area contributed by atoms with Crippen molar-refractivity contribution in [3.8, 4) is 11.5 Å². The van der Waals surface area contributed by atoms with E-state index in [4.69, 9.17) is 25.8 Å². The van der Waals surface area contributed by atoms with E-state index in [1.165, 1.54) is 5.56 Å². The molecule has 1 aromatic rings. The first-order valence-electron chi connectivity index (χ1n) is 10.7. The average Bonchev–Trinajstić information content (AvgIpc) is 2.66. The molecule has 1 heterocycles. The van der Waals surface area contributed by atoms with Crippen molar-refractivity contribution in [1.29, 1.82) is 0 Å². The van der Waals surface area contributed by atoms with Crippen LogP contribution in [0.5, 0.6) is 11.5 Å². The minimum Gasteiger partial charge on any atom is -0.490 e. The third-order valence-corrected chi connectivity index (χ3v) is 6.38. The maximum absolute atomic E-state index is 10.8. The van der Waals surface area contributed by atoms with Gasteiger partial charge in [-0.15, -0.1) is 0 Å². The number of aryl methyl sites for hydroxylation is 1. The quantitative estimate of drug-likeness (QED) is 0.416. The van der Waals surface area contributed by atoms with Crippen molar-refractivity contribution in [2.75, 3.05) is 6.61 Å². The van der Waals surface area contributed by atoms with Gasteiger partial charge in [0.15, 0.2) is 11.5 Å². The SMILES string of the molecule is CCCCc1ccc(OP(O)(=S)NC2CCCC(CCC)O2)c(OCCC)c1. The van der Waals surface area contributed by atoms with E-state index in [-0.39, 0.29) is 12.3 Å². The van der Waals surface area contributed by atoms with Gasteiger partial charge in [-0.2, -0.15) is 0 Å². The zero-order valence-corrected chi connectivity index (χ0v) is 19.2. The molecule has 3 unspecified atom stereocenters. The molecule has 0 radical (unpaired) electrons. The number of rotatable bonds is 12. The van der Waals surface area contributed by atoms with E-state index in [9.17, 15) is 4.89 Å². The lowest BCUT2D eigenvalue weighted by Crippen LogP contribution is -2.37. The highest BCUT2D eigenvalue weighted by molar-refractivity contribution is 8.08. The van der Waals surface area contributed by atoms with Crippen LogP contribution in [0.3, 0.4) is 0 Å². The zero-order chi connectivity index (χ0) is 20.4. The fourth-order valence-electron chi connectivity index (χ4n) is 3.36. The molecule has 1 aromatic carbocycles. The van der Waals surface area contributed by atoms with Crippen molar-refractivity contribution in [1.82, 2.24) is 5.09 Å². The van der Waals surface area contributed by atoms with Crippen molar-refractivity contribution in [3.05, 3.63) is 23.8 Å². The van der Waals surface area contributed by atoms with Crippen LogP contribution in [0.25, 0.3) is 0 Å². The first kappa shape index (κ1) is 23.6. The second-order valence-corrected chi connectivity index (χ2v) is 10.4. The number of hydrogen-bond donors (Lipinski definition) is 2. The molecule has 1 saturated heterocycles. The average molecular weight is 430 g/mol. The summed E-state index contributed by atoms with van der Waals surface area (Å²) in [6, 6.07) is 5.88. The van der Waals surface area contributed by atoms with Crippen molar-refractivity contribution in [2.45, 2.75) is 90.9 Å². The van der Waals surface area contributed by atoms with Gasteiger partial charge in [0.05, 0.1) is 12.7 Å². The van der Waals surface area contributed by atoms with E-state index in [2.05, 4.69) is 25.9 Å². The maximum atomic E-state index is 10.8. The first-order valence-corrected chi connectivity index (χ1v) is 13.4. The molecule has 0 bridgehead atoms. The number of benzene rings is 1. The predicted octanol–water partition coefficient (Wildman–Crippen LogP) is 5.70. The molecule has 0 aliphatic carbocycles. The van der Waals surface area contributed by atoms with Crippen molar-refractivity contribution >= 4 is 18.4 Å². The minimum absolute atomic E-state index is 0.229. The van der Waals surface area contributed by atoms with Crippen LogP contribution >= 0.6 is 6.64 Å². The molecule has 160 valence electrons. The Kier molecular flexibility index (Phi) is 10.2. The van der Waals surface area contributed by atoms with Gasteiger partial charge in [0.2, 0.25) is 0 Å². The van der Waals surface area contributed by atoms with Crippen LogP contribution < -0.4 is 14.3 Å². The van der Waals surface area contributed by atoms with Crippen LogP contribution in [0.1, 0.15) is 77.7 Å². The molecule has 1 fully saturated rings. The molecule has 2 rings (SSSR count). The molecule has 5 nitrogen and oxygen atoms in total. The van der Waals surface area contributed by atoms with Gasteiger partial charge in [-0.1, -0.05) is 39.7 Å². The van der Waals surface area contributed by atoms with Crippen molar-refractivity contribution in [2.24, 2.45) is 0 Å². The Hall–Kier alpha value is -0.650. The number of hydrogen-bond acceptors (Lipinski definition) is 4. The van der Waals surface area contributed by atoms with Crippen LogP contribution in [0.2, 0.25) is 0 Å². The Morgan fingerprint density at radius 2 is 2.00 bits per heavy atom. The van der Waals surface area contributed by atoms with Gasteiger partial charge in [0, 0.05) is 0 Å². The lowest BCUT2D eigenvalue weighted by atomic mass is 10.0. The van der Waals surface area contributed by atoms with Gasteiger partial charge in [-0.25, -0.2) is 5.09 Å². The Labute approximate surface area is 175 Å². The smallest absolute Gasteiger partial charge is 0.312 e. The molecule has 2 N–H and O–H groups in total. The fraction of sp³-hybridized carbons (Fsp3) is 0.714. The second kappa shape index (κ2) is 12.1. The highest BCUT2D eigenvalue weighted by atomic mass is 32.5. The van der Waals surface area contributed by atoms with Crippen molar-refractivity contribution in [3.63, 3.8) is 0 Å². The second-order valence-electron chi connectivity index (χ2n) is 7.44. The zero-order valence-electron chi connectivity index (χ0n) is 17.5. The Bertz CT molecular complexity index is 641. The molecule has 0 saturated carbocycles. The molecular formula is C21H36NO4PS. The van der Waals surface area contributed by atoms with Gasteiger partial charge >= 0.3 is 6.64 Å². The number of ether oxygens (including phenoxy) is 2. The van der Waals surface area contributed by atoms with E-state index in [0.29, 0.717) is 18.1 Å². The molecule has 1 aliphatic heterocycles. The Morgan fingerprint density at radius 3 is 2.71 bits per heavy atom. The largest absolute Gasteiger partial charge is 0.490 e. The van der Waals surface area contributed by atoms with E-state index in [1.807, 2.05) is 18.2 Å². The number of nitrogens with one attached hydrogen (secondary N) is 1. The monoisotopic (exact) mass is 429 g/mol. The normalized spacial score (nSPS) is 21.9. The van der Waals surface area contributed by atoms with E-state index in [1.54, 1.807) is 0 Å².